The molecule has 4 bridgehead atoms. The highest BCUT2D eigenvalue weighted by Crippen LogP contribution is 2.55. The first-order valence-corrected chi connectivity index (χ1v) is 8.22. The number of nitrogen functional groups attached to an aromatic ring is 1. The number of hydrogen-bond acceptors (Lipinski definition) is 2. The normalized spacial score (nSPS) is 36.7. The largest absolute Gasteiger partial charge is 0.398 e. The molecule has 112 valence electrons. The molecular weight excluding hydrogens is 260 g/mol. The van der Waals surface area contributed by atoms with Crippen LogP contribution in [0.15, 0.2) is 18.2 Å². The zero-order chi connectivity index (χ0) is 14.6. The Balaban J connectivity index is 1.58. The molecule has 0 heterocycles. The van der Waals surface area contributed by atoms with Gasteiger partial charge in [0.2, 0.25) is 0 Å². The number of rotatable bonds is 2. The maximum absolute atomic E-state index is 12.7. The van der Waals surface area contributed by atoms with Gasteiger partial charge in [0.1, 0.15) is 0 Å². The van der Waals surface area contributed by atoms with Gasteiger partial charge in [-0.1, -0.05) is 6.07 Å². The zero-order valence-corrected chi connectivity index (χ0v) is 12.7. The fraction of sp³-hybridized carbons (Fsp3) is 0.611. The molecule has 0 aromatic heterocycles. The van der Waals surface area contributed by atoms with Gasteiger partial charge in [-0.25, -0.2) is 0 Å². The summed E-state index contributed by atoms with van der Waals surface area (Å²) in [4.78, 5) is 12.7. The van der Waals surface area contributed by atoms with Gasteiger partial charge < -0.3 is 11.1 Å². The molecule has 3 nitrogen and oxygen atoms in total. The maximum atomic E-state index is 12.7. The highest BCUT2D eigenvalue weighted by Gasteiger charge is 2.51. The fourth-order valence-corrected chi connectivity index (χ4v) is 5.47. The molecule has 0 saturated heterocycles. The van der Waals surface area contributed by atoms with E-state index in [2.05, 4.69) is 5.32 Å². The molecule has 4 aliphatic carbocycles. The summed E-state index contributed by atoms with van der Waals surface area (Å²) < 4.78 is 0. The van der Waals surface area contributed by atoms with Crippen LogP contribution in [0.2, 0.25) is 0 Å². The van der Waals surface area contributed by atoms with Crippen LogP contribution in [0.3, 0.4) is 0 Å². The molecule has 1 aromatic rings. The lowest BCUT2D eigenvalue weighted by molar-refractivity contribution is -0.0167. The van der Waals surface area contributed by atoms with Crippen LogP contribution in [-0.2, 0) is 0 Å². The van der Waals surface area contributed by atoms with Crippen LogP contribution in [0.25, 0.3) is 0 Å². The lowest BCUT2D eigenvalue weighted by atomic mass is 9.53. The molecule has 4 fully saturated rings. The third-order valence-corrected chi connectivity index (χ3v) is 6.04. The maximum Gasteiger partial charge on any atom is 0.252 e. The molecule has 5 rings (SSSR count). The van der Waals surface area contributed by atoms with Crippen molar-refractivity contribution in [3.8, 4) is 0 Å². The second kappa shape index (κ2) is 4.49. The first kappa shape index (κ1) is 13.2. The molecule has 4 aliphatic rings. The molecule has 0 aliphatic heterocycles. The van der Waals surface area contributed by atoms with Crippen LogP contribution in [-0.4, -0.2) is 11.4 Å². The number of anilines is 1. The van der Waals surface area contributed by atoms with Crippen molar-refractivity contribution in [2.75, 3.05) is 5.73 Å². The zero-order valence-electron chi connectivity index (χ0n) is 12.7. The monoisotopic (exact) mass is 284 g/mol. The van der Waals surface area contributed by atoms with Gasteiger partial charge in [-0.05, 0) is 80.9 Å². The lowest BCUT2D eigenvalue weighted by Gasteiger charge is -2.56. The summed E-state index contributed by atoms with van der Waals surface area (Å²) in [5.41, 5.74) is 8.36. The van der Waals surface area contributed by atoms with Gasteiger partial charge in [0, 0.05) is 16.8 Å². The van der Waals surface area contributed by atoms with E-state index in [1.807, 2.05) is 25.1 Å². The molecule has 21 heavy (non-hydrogen) atoms. The van der Waals surface area contributed by atoms with Crippen molar-refractivity contribution in [1.29, 1.82) is 0 Å². The third-order valence-electron chi connectivity index (χ3n) is 6.04. The van der Waals surface area contributed by atoms with Crippen LogP contribution in [0.5, 0.6) is 0 Å². The smallest absolute Gasteiger partial charge is 0.252 e. The van der Waals surface area contributed by atoms with Crippen molar-refractivity contribution in [2.45, 2.75) is 51.0 Å². The Bertz CT molecular complexity index is 558. The molecule has 0 spiro atoms. The predicted molar refractivity (Wildman–Crippen MR) is 84.0 cm³/mol. The van der Waals surface area contributed by atoms with Crippen molar-refractivity contribution in [1.82, 2.24) is 5.32 Å². The van der Waals surface area contributed by atoms with Gasteiger partial charge in [-0.3, -0.25) is 4.79 Å². The van der Waals surface area contributed by atoms with E-state index in [1.165, 1.54) is 38.5 Å². The summed E-state index contributed by atoms with van der Waals surface area (Å²) in [5.74, 6) is 2.61. The first-order chi connectivity index (χ1) is 10.0. The van der Waals surface area contributed by atoms with Gasteiger partial charge in [0.25, 0.3) is 5.91 Å². The van der Waals surface area contributed by atoms with E-state index in [1.54, 1.807) is 0 Å². The number of nitrogens with one attached hydrogen (secondary N) is 1. The van der Waals surface area contributed by atoms with Crippen LogP contribution in [0.1, 0.15) is 54.4 Å². The highest BCUT2D eigenvalue weighted by molar-refractivity contribution is 5.97. The number of amides is 1. The highest BCUT2D eigenvalue weighted by atomic mass is 16.1. The lowest BCUT2D eigenvalue weighted by Crippen LogP contribution is -2.59. The van der Waals surface area contributed by atoms with Gasteiger partial charge in [0.05, 0.1) is 0 Å². The second-order valence-electron chi connectivity index (χ2n) is 7.67. The average Bonchev–Trinajstić information content (AvgIpc) is 2.39. The van der Waals surface area contributed by atoms with Gasteiger partial charge in [-0.15, -0.1) is 0 Å². The van der Waals surface area contributed by atoms with Crippen molar-refractivity contribution in [2.24, 2.45) is 17.8 Å². The Morgan fingerprint density at radius 1 is 1.14 bits per heavy atom. The van der Waals surface area contributed by atoms with Gasteiger partial charge >= 0.3 is 0 Å². The Kier molecular flexibility index (Phi) is 2.82. The minimum Gasteiger partial charge on any atom is -0.398 e. The number of benzene rings is 1. The number of nitrogens with two attached hydrogens (primary N) is 1. The Morgan fingerprint density at radius 2 is 1.71 bits per heavy atom. The minimum atomic E-state index is 0.0711. The van der Waals surface area contributed by atoms with E-state index in [4.69, 9.17) is 5.73 Å². The molecule has 4 saturated carbocycles. The summed E-state index contributed by atoms with van der Waals surface area (Å²) in [5, 5.41) is 3.41. The minimum absolute atomic E-state index is 0.0711. The van der Waals surface area contributed by atoms with Crippen molar-refractivity contribution in [3.05, 3.63) is 29.3 Å². The van der Waals surface area contributed by atoms with E-state index >= 15 is 0 Å². The Hall–Kier alpha value is -1.51. The standard InChI is InChI=1S/C18H24N2O/c1-11-15(3-2-4-16(11)19)17(21)20-18-8-12-5-13(9-18)7-14(6-12)10-18/h2-4,12-14H,5-10,19H2,1H3,(H,20,21). The van der Waals surface area contributed by atoms with Crippen molar-refractivity contribution >= 4 is 11.6 Å². The predicted octanol–water partition coefficient (Wildman–Crippen LogP) is 3.28. The quantitative estimate of drug-likeness (QED) is 0.819. The fourth-order valence-electron chi connectivity index (χ4n) is 5.47. The second-order valence-corrected chi connectivity index (χ2v) is 7.67. The summed E-state index contributed by atoms with van der Waals surface area (Å²) in [6, 6.07) is 5.62. The van der Waals surface area contributed by atoms with E-state index in [0.717, 1.165) is 28.9 Å². The number of hydrogen-bond donors (Lipinski definition) is 2. The molecule has 1 aromatic carbocycles. The molecule has 1 amide bonds. The van der Waals surface area contributed by atoms with E-state index < -0.39 is 0 Å². The molecule has 0 atom stereocenters. The molecule has 0 radical (unpaired) electrons. The number of carbonyl (C=O) groups excluding carboxylic acids is 1. The SMILES string of the molecule is Cc1c(N)cccc1C(=O)NC12CC3CC(CC(C3)C1)C2. The van der Waals surface area contributed by atoms with Crippen LogP contribution in [0, 0.1) is 24.7 Å². The molecule has 0 unspecified atom stereocenters. The van der Waals surface area contributed by atoms with Gasteiger partial charge in [-0.2, -0.15) is 0 Å². The third kappa shape index (κ3) is 2.14. The van der Waals surface area contributed by atoms with E-state index in [0.29, 0.717) is 5.69 Å². The summed E-state index contributed by atoms with van der Waals surface area (Å²) in [6.07, 6.45) is 7.75. The van der Waals surface area contributed by atoms with Crippen molar-refractivity contribution < 1.29 is 4.79 Å². The Morgan fingerprint density at radius 3 is 2.29 bits per heavy atom. The molecule has 3 heteroatoms. The topological polar surface area (TPSA) is 55.1 Å². The first-order valence-electron chi connectivity index (χ1n) is 8.22. The number of carbonyl (C=O) groups is 1. The van der Waals surface area contributed by atoms with Crippen LogP contribution >= 0.6 is 0 Å². The molecular formula is C18H24N2O. The van der Waals surface area contributed by atoms with E-state index in [9.17, 15) is 4.79 Å². The summed E-state index contributed by atoms with van der Waals surface area (Å²) in [6.45, 7) is 1.93. The molecule has 3 N–H and O–H groups in total. The van der Waals surface area contributed by atoms with E-state index in [-0.39, 0.29) is 11.4 Å². The summed E-state index contributed by atoms with van der Waals surface area (Å²) >= 11 is 0. The van der Waals surface area contributed by atoms with Gasteiger partial charge in [0.15, 0.2) is 0 Å². The van der Waals surface area contributed by atoms with Crippen LogP contribution < -0.4 is 11.1 Å². The van der Waals surface area contributed by atoms with Crippen LogP contribution in [0.4, 0.5) is 5.69 Å². The summed E-state index contributed by atoms with van der Waals surface area (Å²) in [7, 11) is 0. The average molecular weight is 284 g/mol. The van der Waals surface area contributed by atoms with Crippen molar-refractivity contribution in [3.63, 3.8) is 0 Å². The Labute approximate surface area is 126 Å².